The van der Waals surface area contributed by atoms with Crippen molar-refractivity contribution >= 4 is 17.4 Å². The van der Waals surface area contributed by atoms with Gasteiger partial charge in [-0.1, -0.05) is 0 Å². The maximum absolute atomic E-state index is 13.7. The van der Waals surface area contributed by atoms with Gasteiger partial charge in [-0.3, -0.25) is 4.90 Å². The summed E-state index contributed by atoms with van der Waals surface area (Å²) in [6.07, 6.45) is 0. The van der Waals surface area contributed by atoms with Crippen molar-refractivity contribution in [2.45, 2.75) is 6.54 Å². The summed E-state index contributed by atoms with van der Waals surface area (Å²) in [6.45, 7) is -0.224. The molecule has 0 spiro atoms. The minimum absolute atomic E-state index is 0.224. The molecule has 0 unspecified atom stereocenters. The van der Waals surface area contributed by atoms with Gasteiger partial charge in [0.05, 0.1) is 6.54 Å². The molecule has 1 N–H and O–H groups in total. The van der Waals surface area contributed by atoms with Crippen LogP contribution < -0.4 is 10.2 Å². The average Bonchev–Trinajstić information content (AvgIpc) is 2.38. The Kier molecular flexibility index (Phi) is 3.04. The SMILES string of the molecule is O=C1Nc2ccc(F)cc2CN1c1c(F)cc(F)cc1F. The van der Waals surface area contributed by atoms with Crippen molar-refractivity contribution in [3.05, 3.63) is 59.2 Å². The third-order valence-corrected chi connectivity index (χ3v) is 3.13. The molecule has 0 atom stereocenters. The molecule has 3 nitrogen and oxygen atoms in total. The largest absolute Gasteiger partial charge is 0.326 e. The van der Waals surface area contributed by atoms with Gasteiger partial charge in [0.1, 0.15) is 17.3 Å². The van der Waals surface area contributed by atoms with Crippen LogP contribution in [-0.4, -0.2) is 6.03 Å². The molecule has 1 heterocycles. The summed E-state index contributed by atoms with van der Waals surface area (Å²) in [7, 11) is 0. The smallest absolute Gasteiger partial charge is 0.307 e. The van der Waals surface area contributed by atoms with Crippen LogP contribution in [0.2, 0.25) is 0 Å². The molecular weight excluding hydrogens is 288 g/mol. The van der Waals surface area contributed by atoms with Crippen molar-refractivity contribution < 1.29 is 22.4 Å². The lowest BCUT2D eigenvalue weighted by atomic mass is 10.1. The van der Waals surface area contributed by atoms with Crippen LogP contribution in [0.4, 0.5) is 33.7 Å². The minimum atomic E-state index is -1.21. The first-order valence-corrected chi connectivity index (χ1v) is 5.97. The fourth-order valence-electron chi connectivity index (χ4n) is 2.21. The summed E-state index contributed by atoms with van der Waals surface area (Å²) in [5.74, 6) is -4.03. The van der Waals surface area contributed by atoms with Crippen LogP contribution in [0, 0.1) is 23.3 Å². The molecule has 1 aliphatic rings. The number of hydrogen-bond donors (Lipinski definition) is 1. The van der Waals surface area contributed by atoms with Crippen molar-refractivity contribution in [2.24, 2.45) is 0 Å². The van der Waals surface area contributed by atoms with Crippen LogP contribution in [0.5, 0.6) is 0 Å². The first kappa shape index (κ1) is 13.4. The molecular formula is C14H8F4N2O. The fourth-order valence-corrected chi connectivity index (χ4v) is 2.21. The molecule has 2 aromatic carbocycles. The number of rotatable bonds is 1. The second-order valence-electron chi connectivity index (χ2n) is 4.54. The Hall–Kier alpha value is -2.57. The maximum Gasteiger partial charge on any atom is 0.326 e. The van der Waals surface area contributed by atoms with E-state index in [0.29, 0.717) is 23.4 Å². The Morgan fingerprint density at radius 3 is 2.29 bits per heavy atom. The number of amides is 2. The normalized spacial score (nSPS) is 13.9. The Morgan fingerprint density at radius 2 is 1.62 bits per heavy atom. The van der Waals surface area contributed by atoms with Crippen LogP contribution in [-0.2, 0) is 6.54 Å². The van der Waals surface area contributed by atoms with Gasteiger partial charge in [-0.25, -0.2) is 22.4 Å². The van der Waals surface area contributed by atoms with Crippen LogP contribution in [0.15, 0.2) is 30.3 Å². The Morgan fingerprint density at radius 1 is 0.952 bits per heavy atom. The van der Waals surface area contributed by atoms with E-state index in [0.717, 1.165) is 17.0 Å². The van der Waals surface area contributed by atoms with Gasteiger partial charge in [0, 0.05) is 17.8 Å². The highest BCUT2D eigenvalue weighted by Crippen LogP contribution is 2.31. The van der Waals surface area contributed by atoms with Crippen LogP contribution >= 0.6 is 0 Å². The van der Waals surface area contributed by atoms with Crippen molar-refractivity contribution in [2.75, 3.05) is 10.2 Å². The summed E-state index contributed by atoms with van der Waals surface area (Å²) in [5.41, 5.74) is 0.0436. The first-order valence-electron chi connectivity index (χ1n) is 5.97. The molecule has 0 saturated carbocycles. The van der Waals surface area contributed by atoms with Gasteiger partial charge >= 0.3 is 6.03 Å². The molecule has 2 amide bonds. The zero-order valence-electron chi connectivity index (χ0n) is 10.5. The molecule has 0 fully saturated rings. The summed E-state index contributed by atoms with van der Waals surface area (Å²) in [6, 6.07) is 3.85. The molecule has 3 rings (SSSR count). The van der Waals surface area contributed by atoms with Gasteiger partial charge in [0.25, 0.3) is 0 Å². The molecule has 0 saturated heterocycles. The number of fused-ring (bicyclic) bond motifs is 1. The van der Waals surface area contributed by atoms with Gasteiger partial charge in [-0.15, -0.1) is 0 Å². The molecule has 7 heteroatoms. The molecule has 21 heavy (non-hydrogen) atoms. The van der Waals surface area contributed by atoms with Crippen LogP contribution in [0.1, 0.15) is 5.56 Å². The summed E-state index contributed by atoms with van der Waals surface area (Å²) < 4.78 is 53.6. The number of carbonyl (C=O) groups excluding carboxylic acids is 1. The Balaban J connectivity index is 2.07. The predicted octanol–water partition coefficient (Wildman–Crippen LogP) is 3.80. The molecule has 1 aliphatic heterocycles. The van der Waals surface area contributed by atoms with E-state index in [9.17, 15) is 22.4 Å². The molecule has 0 radical (unpaired) electrons. The third-order valence-electron chi connectivity index (χ3n) is 3.13. The number of nitrogens with zero attached hydrogens (tertiary/aromatic N) is 1. The zero-order chi connectivity index (χ0) is 15.1. The number of urea groups is 1. The van der Waals surface area contributed by atoms with Crippen molar-refractivity contribution in [1.29, 1.82) is 0 Å². The second-order valence-corrected chi connectivity index (χ2v) is 4.54. The standard InChI is InChI=1S/C14H8F4N2O/c15-8-1-2-12-7(3-8)6-20(14(21)19-12)13-10(17)4-9(16)5-11(13)18/h1-5H,6H2,(H,19,21). The number of nitrogens with one attached hydrogen (secondary N) is 1. The molecule has 2 aromatic rings. The van der Waals surface area contributed by atoms with E-state index in [4.69, 9.17) is 0 Å². The summed E-state index contributed by atoms with van der Waals surface area (Å²) in [5, 5.41) is 2.40. The van der Waals surface area contributed by atoms with Gasteiger partial charge in [-0.05, 0) is 23.8 Å². The number of carbonyl (C=O) groups is 1. The van der Waals surface area contributed by atoms with Gasteiger partial charge in [0.2, 0.25) is 0 Å². The number of halogens is 4. The lowest BCUT2D eigenvalue weighted by molar-refractivity contribution is 0.255. The van der Waals surface area contributed by atoms with E-state index in [1.165, 1.54) is 6.07 Å². The number of benzene rings is 2. The second kappa shape index (κ2) is 4.76. The van der Waals surface area contributed by atoms with Gasteiger partial charge < -0.3 is 5.32 Å². The van der Waals surface area contributed by atoms with E-state index in [2.05, 4.69) is 5.32 Å². The highest BCUT2D eigenvalue weighted by atomic mass is 19.1. The van der Waals surface area contributed by atoms with Crippen molar-refractivity contribution in [1.82, 2.24) is 0 Å². The summed E-state index contributed by atoms with van der Waals surface area (Å²) >= 11 is 0. The van der Waals surface area contributed by atoms with Crippen LogP contribution in [0.25, 0.3) is 0 Å². The quantitative estimate of drug-likeness (QED) is 0.798. The van der Waals surface area contributed by atoms with Crippen molar-refractivity contribution in [3.63, 3.8) is 0 Å². The molecule has 108 valence electrons. The molecule has 0 aromatic heterocycles. The van der Waals surface area contributed by atoms with Gasteiger partial charge in [-0.2, -0.15) is 0 Å². The maximum atomic E-state index is 13.7. The van der Waals surface area contributed by atoms with E-state index >= 15 is 0 Å². The van der Waals surface area contributed by atoms with E-state index in [1.54, 1.807) is 0 Å². The topological polar surface area (TPSA) is 32.3 Å². The van der Waals surface area contributed by atoms with Crippen molar-refractivity contribution in [3.8, 4) is 0 Å². The highest BCUT2D eigenvalue weighted by Gasteiger charge is 2.29. The highest BCUT2D eigenvalue weighted by molar-refractivity contribution is 6.04. The van der Waals surface area contributed by atoms with Gasteiger partial charge in [0.15, 0.2) is 11.6 Å². The minimum Gasteiger partial charge on any atom is -0.307 e. The lowest BCUT2D eigenvalue weighted by Crippen LogP contribution is -2.39. The predicted molar refractivity (Wildman–Crippen MR) is 67.9 cm³/mol. The molecule has 0 bridgehead atoms. The number of hydrogen-bond acceptors (Lipinski definition) is 1. The summed E-state index contributed by atoms with van der Waals surface area (Å²) in [4.78, 5) is 12.7. The Labute approximate surface area is 116 Å². The van der Waals surface area contributed by atoms with E-state index < -0.39 is 35.0 Å². The third kappa shape index (κ3) is 2.31. The first-order chi connectivity index (χ1) is 9.95. The monoisotopic (exact) mass is 296 g/mol. The Bertz CT molecular complexity index is 725. The average molecular weight is 296 g/mol. The molecule has 0 aliphatic carbocycles. The lowest BCUT2D eigenvalue weighted by Gasteiger charge is -2.29. The fraction of sp³-hybridized carbons (Fsp3) is 0.0714. The number of anilines is 2. The van der Waals surface area contributed by atoms with E-state index in [1.807, 2.05) is 0 Å². The van der Waals surface area contributed by atoms with E-state index in [-0.39, 0.29) is 6.54 Å². The zero-order valence-corrected chi connectivity index (χ0v) is 10.5. The van der Waals surface area contributed by atoms with Crippen LogP contribution in [0.3, 0.4) is 0 Å².